The van der Waals surface area contributed by atoms with Gasteiger partial charge in [0.05, 0.1) is 0 Å². The van der Waals surface area contributed by atoms with Gasteiger partial charge in [0, 0.05) is 52.0 Å². The lowest BCUT2D eigenvalue weighted by molar-refractivity contribution is -0.197. The van der Waals surface area contributed by atoms with Crippen molar-refractivity contribution in [1.82, 2.24) is 4.90 Å². The highest BCUT2D eigenvalue weighted by atomic mass is 16.6. The normalized spacial score (nSPS) is 38.5. The standard InChI is InChI=1S/C35H55NO9/c1-18(32(44-22(5)39)33(45-23(6)40)19(2)36(9)10)25-11-12-26-24-15-29(41)28-16-30(42-20(3)37)31(43-21(4)38)17-35(28,8)27(24)13-14-34(25,26)7/h18-19,24-28,30-33H,11-17H2,1-10H3/t18-,19+,24-,25+,26-,27-,28?,30-,31+,32+,33+,34+,35+/m0/s1. The molecule has 0 spiro atoms. The molecule has 10 nitrogen and oxygen atoms in total. The van der Waals surface area contributed by atoms with Gasteiger partial charge in [0.15, 0.2) is 6.10 Å². The summed E-state index contributed by atoms with van der Waals surface area (Å²) in [6, 6.07) is -0.179. The summed E-state index contributed by atoms with van der Waals surface area (Å²) in [7, 11) is 3.84. The molecular formula is C35H55NO9. The van der Waals surface area contributed by atoms with Gasteiger partial charge in [-0.3, -0.25) is 24.0 Å². The molecule has 254 valence electrons. The van der Waals surface area contributed by atoms with Gasteiger partial charge in [-0.25, -0.2) is 0 Å². The Balaban J connectivity index is 1.63. The van der Waals surface area contributed by atoms with E-state index in [2.05, 4.69) is 20.8 Å². The Kier molecular flexibility index (Phi) is 10.5. The Labute approximate surface area is 268 Å². The maximum Gasteiger partial charge on any atom is 0.303 e. The van der Waals surface area contributed by atoms with Crippen LogP contribution in [0, 0.1) is 46.3 Å². The van der Waals surface area contributed by atoms with Crippen molar-refractivity contribution in [1.29, 1.82) is 0 Å². The van der Waals surface area contributed by atoms with Crippen LogP contribution in [0.25, 0.3) is 0 Å². The molecule has 10 heteroatoms. The molecule has 0 N–H and O–H groups in total. The summed E-state index contributed by atoms with van der Waals surface area (Å²) in [6.07, 6.45) is 2.73. The Morgan fingerprint density at radius 1 is 0.778 bits per heavy atom. The molecule has 13 atom stereocenters. The number of ether oxygens (including phenoxy) is 4. The average molecular weight is 634 g/mol. The fourth-order valence-corrected chi connectivity index (χ4v) is 10.4. The predicted octanol–water partition coefficient (Wildman–Crippen LogP) is 4.75. The second-order valence-electron chi connectivity index (χ2n) is 15.3. The fraction of sp³-hybridized carbons (Fsp3) is 0.857. The summed E-state index contributed by atoms with van der Waals surface area (Å²) in [5.74, 6) is -0.812. The largest absolute Gasteiger partial charge is 0.459 e. The molecule has 0 aromatic rings. The van der Waals surface area contributed by atoms with Crippen LogP contribution < -0.4 is 0 Å². The molecule has 0 aromatic carbocycles. The number of fused-ring (bicyclic) bond motifs is 5. The Morgan fingerprint density at radius 3 is 1.89 bits per heavy atom. The minimum atomic E-state index is -0.628. The van der Waals surface area contributed by atoms with Crippen molar-refractivity contribution < 1.29 is 42.9 Å². The Bertz CT molecular complexity index is 1170. The third kappa shape index (κ3) is 6.82. The van der Waals surface area contributed by atoms with E-state index in [9.17, 15) is 24.0 Å². The summed E-state index contributed by atoms with van der Waals surface area (Å²) in [5.41, 5.74) is -0.460. The maximum absolute atomic E-state index is 14.0. The van der Waals surface area contributed by atoms with E-state index in [1.165, 1.54) is 27.7 Å². The SMILES string of the molecule is CC(=O)O[C@H]([C@@H](C)[C@H]1CC[C@H]2[C@@H]3CC(=O)C4C[C@H](OC(C)=O)[C@H](OC(C)=O)C[C@]4(C)[C@H]3CC[C@]12C)[C@H](OC(C)=O)[C@@H](C)N(C)C. The van der Waals surface area contributed by atoms with Crippen molar-refractivity contribution in [2.45, 2.75) is 131 Å². The highest BCUT2D eigenvalue weighted by Crippen LogP contribution is 2.68. The number of carbonyl (C=O) groups is 5. The molecular weight excluding hydrogens is 578 g/mol. The van der Waals surface area contributed by atoms with Crippen LogP contribution >= 0.6 is 0 Å². The monoisotopic (exact) mass is 633 g/mol. The zero-order valence-corrected chi connectivity index (χ0v) is 28.9. The number of hydrogen-bond acceptors (Lipinski definition) is 10. The van der Waals surface area contributed by atoms with E-state index in [0.29, 0.717) is 25.2 Å². The van der Waals surface area contributed by atoms with Crippen LogP contribution in [0.5, 0.6) is 0 Å². The third-order valence-corrected chi connectivity index (χ3v) is 12.5. The topological polar surface area (TPSA) is 126 Å². The maximum atomic E-state index is 14.0. The molecule has 4 aliphatic rings. The van der Waals surface area contributed by atoms with Crippen LogP contribution in [0.15, 0.2) is 0 Å². The van der Waals surface area contributed by atoms with Gasteiger partial charge in [0.25, 0.3) is 0 Å². The highest BCUT2D eigenvalue weighted by molar-refractivity contribution is 5.83. The van der Waals surface area contributed by atoms with E-state index in [1.54, 1.807) is 0 Å². The number of nitrogens with zero attached hydrogens (tertiary/aromatic N) is 1. The van der Waals surface area contributed by atoms with Crippen molar-refractivity contribution in [2.75, 3.05) is 14.1 Å². The van der Waals surface area contributed by atoms with Gasteiger partial charge in [-0.15, -0.1) is 0 Å². The molecule has 4 fully saturated rings. The van der Waals surface area contributed by atoms with Gasteiger partial charge in [0.1, 0.15) is 24.1 Å². The molecule has 0 saturated heterocycles. The number of rotatable bonds is 9. The second-order valence-corrected chi connectivity index (χ2v) is 15.3. The number of esters is 4. The molecule has 0 aromatic heterocycles. The predicted molar refractivity (Wildman–Crippen MR) is 166 cm³/mol. The smallest absolute Gasteiger partial charge is 0.303 e. The van der Waals surface area contributed by atoms with Crippen LogP contribution in [-0.4, -0.2) is 79.1 Å². The van der Waals surface area contributed by atoms with Gasteiger partial charge in [-0.2, -0.15) is 0 Å². The quantitative estimate of drug-likeness (QED) is 0.260. The van der Waals surface area contributed by atoms with Crippen LogP contribution in [0.4, 0.5) is 0 Å². The number of hydrogen-bond donors (Lipinski definition) is 0. The lowest BCUT2D eigenvalue weighted by atomic mass is 9.43. The summed E-state index contributed by atoms with van der Waals surface area (Å²) in [6.45, 7) is 14.1. The lowest BCUT2D eigenvalue weighted by Gasteiger charge is -2.61. The second kappa shape index (κ2) is 13.3. The molecule has 0 amide bonds. The van der Waals surface area contributed by atoms with Crippen LogP contribution in [-0.2, 0) is 42.9 Å². The zero-order valence-electron chi connectivity index (χ0n) is 28.9. The Hall–Kier alpha value is -2.49. The summed E-state index contributed by atoms with van der Waals surface area (Å²) >= 11 is 0. The summed E-state index contributed by atoms with van der Waals surface area (Å²) in [5, 5.41) is 0. The van der Waals surface area contributed by atoms with E-state index in [4.69, 9.17) is 18.9 Å². The number of carbonyl (C=O) groups excluding carboxylic acids is 5. The van der Waals surface area contributed by atoms with Gasteiger partial charge in [-0.05, 0) is 94.0 Å². The van der Waals surface area contributed by atoms with Crippen molar-refractivity contribution in [2.24, 2.45) is 46.3 Å². The molecule has 0 bridgehead atoms. The molecule has 4 saturated carbocycles. The van der Waals surface area contributed by atoms with E-state index in [0.717, 1.165) is 25.7 Å². The summed E-state index contributed by atoms with van der Waals surface area (Å²) in [4.78, 5) is 64.6. The molecule has 1 unspecified atom stereocenters. The molecule has 0 radical (unpaired) electrons. The van der Waals surface area contributed by atoms with Crippen LogP contribution in [0.1, 0.15) is 100 Å². The first kappa shape index (κ1) is 35.4. The van der Waals surface area contributed by atoms with Crippen molar-refractivity contribution in [3.8, 4) is 0 Å². The Morgan fingerprint density at radius 2 is 1.33 bits per heavy atom. The lowest BCUT2D eigenvalue weighted by Crippen LogP contribution is -2.60. The van der Waals surface area contributed by atoms with Crippen molar-refractivity contribution in [3.63, 3.8) is 0 Å². The average Bonchev–Trinajstić information content (AvgIpc) is 3.27. The zero-order chi connectivity index (χ0) is 33.6. The minimum Gasteiger partial charge on any atom is -0.459 e. The third-order valence-electron chi connectivity index (χ3n) is 12.5. The first-order valence-corrected chi connectivity index (χ1v) is 16.8. The molecule has 0 heterocycles. The molecule has 0 aliphatic heterocycles. The van der Waals surface area contributed by atoms with E-state index in [1.807, 2.05) is 25.9 Å². The summed E-state index contributed by atoms with van der Waals surface area (Å²) < 4.78 is 23.2. The van der Waals surface area contributed by atoms with Crippen molar-refractivity contribution >= 4 is 29.7 Å². The molecule has 4 rings (SSSR count). The fourth-order valence-electron chi connectivity index (χ4n) is 10.4. The first-order chi connectivity index (χ1) is 20.9. The van der Waals surface area contributed by atoms with Gasteiger partial charge < -0.3 is 23.8 Å². The van der Waals surface area contributed by atoms with Gasteiger partial charge in [-0.1, -0.05) is 20.8 Å². The van der Waals surface area contributed by atoms with Crippen LogP contribution in [0.3, 0.4) is 0 Å². The first-order valence-electron chi connectivity index (χ1n) is 16.8. The molecule has 45 heavy (non-hydrogen) atoms. The highest BCUT2D eigenvalue weighted by Gasteiger charge is 2.65. The van der Waals surface area contributed by atoms with Gasteiger partial charge >= 0.3 is 23.9 Å². The number of ketones is 1. The number of likely N-dealkylation sites (N-methyl/N-ethyl adjacent to an activating group) is 1. The molecule has 4 aliphatic carbocycles. The number of Topliss-reactive ketones (excluding diaryl/α,β-unsaturated/α-hetero) is 1. The van der Waals surface area contributed by atoms with E-state index >= 15 is 0 Å². The van der Waals surface area contributed by atoms with Crippen molar-refractivity contribution in [3.05, 3.63) is 0 Å². The van der Waals surface area contributed by atoms with E-state index in [-0.39, 0.29) is 52.2 Å². The minimum absolute atomic E-state index is 0.0812. The van der Waals surface area contributed by atoms with Crippen LogP contribution in [0.2, 0.25) is 0 Å². The van der Waals surface area contributed by atoms with Gasteiger partial charge in [0.2, 0.25) is 0 Å². The van der Waals surface area contributed by atoms with E-state index < -0.39 is 48.3 Å².